The third-order valence-corrected chi connectivity index (χ3v) is 8.89. The van der Waals surface area contributed by atoms with Crippen LogP contribution in [0, 0.1) is 0 Å². The fraction of sp³-hybridized carbons (Fsp3) is 0.500. The Hall–Kier alpha value is -3.03. The molecule has 1 saturated carbocycles. The Morgan fingerprint density at radius 3 is 2.48 bits per heavy atom. The number of para-hydroxylation sites is 1. The highest BCUT2D eigenvalue weighted by Crippen LogP contribution is 2.49. The van der Waals surface area contributed by atoms with Gasteiger partial charge >= 0.3 is 5.97 Å². The molecule has 1 aromatic heterocycles. The van der Waals surface area contributed by atoms with Crippen molar-refractivity contribution in [1.82, 2.24) is 9.47 Å². The van der Waals surface area contributed by atoms with Crippen molar-refractivity contribution < 1.29 is 19.4 Å². The van der Waals surface area contributed by atoms with Gasteiger partial charge in [-0.3, -0.25) is 9.69 Å². The second-order valence-electron chi connectivity index (χ2n) is 11.3. The van der Waals surface area contributed by atoms with E-state index in [2.05, 4.69) is 15.5 Å². The van der Waals surface area contributed by atoms with Crippen LogP contribution in [0.2, 0.25) is 0 Å². The summed E-state index contributed by atoms with van der Waals surface area (Å²) in [6.07, 6.45) is 9.51. The summed E-state index contributed by atoms with van der Waals surface area (Å²) in [7, 11) is 0. The number of rotatable bonds is 6. The highest BCUT2D eigenvalue weighted by Gasteiger charge is 2.32. The third kappa shape index (κ3) is 5.21. The highest BCUT2D eigenvalue weighted by atomic mass is 35.5. The second kappa shape index (κ2) is 12.2. The maximum absolute atomic E-state index is 13.6. The molecular formula is C32H40ClN3O4. The predicted molar refractivity (Wildman–Crippen MR) is 161 cm³/mol. The number of carbonyl (C=O) groups excluding carboxylic acids is 1. The smallest absolute Gasteiger partial charge is 0.335 e. The van der Waals surface area contributed by atoms with E-state index >= 15 is 0 Å². The van der Waals surface area contributed by atoms with E-state index in [1.807, 2.05) is 36.1 Å². The van der Waals surface area contributed by atoms with Crippen LogP contribution in [0.5, 0.6) is 5.75 Å². The molecule has 0 spiro atoms. The average molecular weight is 566 g/mol. The Bertz CT molecular complexity index is 1390. The Kier molecular flexibility index (Phi) is 8.71. The number of amides is 1. The Labute approximate surface area is 242 Å². The number of carbonyl (C=O) groups is 2. The molecule has 0 bridgehead atoms. The lowest BCUT2D eigenvalue weighted by Crippen LogP contribution is -2.42. The van der Waals surface area contributed by atoms with Crippen molar-refractivity contribution in [3.63, 3.8) is 0 Å². The summed E-state index contributed by atoms with van der Waals surface area (Å²) in [6, 6.07) is 11.7. The van der Waals surface area contributed by atoms with E-state index in [1.54, 1.807) is 6.07 Å². The van der Waals surface area contributed by atoms with E-state index in [-0.39, 0.29) is 18.3 Å². The summed E-state index contributed by atoms with van der Waals surface area (Å²) in [5, 5.41) is 10.9. The molecule has 3 heterocycles. The second-order valence-corrected chi connectivity index (χ2v) is 11.3. The topological polar surface area (TPSA) is 75.0 Å². The standard InChI is InChI=1S/C32H39N3O4.ClH/c1-2-34(28(36)21-33-16-7-4-8-17-33)26-13-9-12-25-30-29(22-10-5-3-6-11-22)24-15-14-23(32(37)38)20-27(24)35(30)18-19-39-31(25)26;/h9,12-15,20,22H,2-8,10-11,16-19,21H2,1H3,(H,37,38);1H. The summed E-state index contributed by atoms with van der Waals surface area (Å²) in [4.78, 5) is 29.6. The lowest BCUT2D eigenvalue weighted by Gasteiger charge is -2.30. The average Bonchev–Trinajstić information content (AvgIpc) is 3.15. The summed E-state index contributed by atoms with van der Waals surface area (Å²) >= 11 is 0. The van der Waals surface area contributed by atoms with Gasteiger partial charge in [0.15, 0.2) is 5.75 Å². The number of anilines is 1. The minimum Gasteiger partial charge on any atom is -0.489 e. The van der Waals surface area contributed by atoms with Gasteiger partial charge in [0.1, 0.15) is 6.61 Å². The quantitative estimate of drug-likeness (QED) is 0.359. The van der Waals surface area contributed by atoms with Crippen molar-refractivity contribution in [2.24, 2.45) is 0 Å². The van der Waals surface area contributed by atoms with Crippen LogP contribution in [-0.4, -0.2) is 59.2 Å². The van der Waals surface area contributed by atoms with Crippen LogP contribution in [0.25, 0.3) is 22.2 Å². The molecule has 214 valence electrons. The number of halogens is 1. The Morgan fingerprint density at radius 1 is 1.00 bits per heavy atom. The van der Waals surface area contributed by atoms with E-state index in [9.17, 15) is 14.7 Å². The first kappa shape index (κ1) is 28.5. The number of piperidine rings is 1. The largest absolute Gasteiger partial charge is 0.489 e. The lowest BCUT2D eigenvalue weighted by atomic mass is 9.81. The van der Waals surface area contributed by atoms with Gasteiger partial charge in [-0.1, -0.05) is 37.8 Å². The summed E-state index contributed by atoms with van der Waals surface area (Å²) in [5.41, 5.74) is 5.54. The number of fused-ring (bicyclic) bond motifs is 5. The zero-order chi connectivity index (χ0) is 26.9. The molecule has 1 amide bonds. The van der Waals surface area contributed by atoms with Crippen molar-refractivity contribution >= 4 is 40.9 Å². The first-order valence-corrected chi connectivity index (χ1v) is 14.7. The van der Waals surface area contributed by atoms with Crippen molar-refractivity contribution in [1.29, 1.82) is 0 Å². The molecule has 6 rings (SSSR count). The number of hydrogen-bond donors (Lipinski definition) is 1. The van der Waals surface area contributed by atoms with E-state index < -0.39 is 5.97 Å². The van der Waals surface area contributed by atoms with Gasteiger partial charge in [0.2, 0.25) is 5.91 Å². The van der Waals surface area contributed by atoms with Crippen LogP contribution < -0.4 is 9.64 Å². The van der Waals surface area contributed by atoms with Crippen LogP contribution in [0.1, 0.15) is 80.1 Å². The van der Waals surface area contributed by atoms with E-state index in [0.717, 1.165) is 72.4 Å². The van der Waals surface area contributed by atoms with Crippen molar-refractivity contribution in [2.45, 2.75) is 70.8 Å². The van der Waals surface area contributed by atoms with Crippen molar-refractivity contribution in [2.75, 3.05) is 37.7 Å². The van der Waals surface area contributed by atoms with Crippen LogP contribution in [-0.2, 0) is 11.3 Å². The molecule has 3 aromatic rings. The monoisotopic (exact) mass is 565 g/mol. The van der Waals surface area contributed by atoms with Crippen LogP contribution in [0.15, 0.2) is 36.4 Å². The molecule has 8 heteroatoms. The molecule has 7 nitrogen and oxygen atoms in total. The van der Waals surface area contributed by atoms with Crippen molar-refractivity contribution in [3.8, 4) is 17.0 Å². The number of ether oxygens (including phenoxy) is 1. The van der Waals surface area contributed by atoms with Crippen LogP contribution >= 0.6 is 12.4 Å². The number of aromatic nitrogens is 1. The van der Waals surface area contributed by atoms with Gasteiger partial charge in [-0.2, -0.15) is 0 Å². The molecule has 1 saturated heterocycles. The Morgan fingerprint density at radius 2 is 1.75 bits per heavy atom. The molecule has 1 aliphatic carbocycles. The number of hydrogen-bond acceptors (Lipinski definition) is 4. The number of carboxylic acids is 1. The number of carboxylic acid groups (broad SMARTS) is 1. The SMILES string of the molecule is CCN(C(=O)CN1CCCCC1)c1cccc2c1OCCn1c-2c(C2CCCCC2)c2ccc(C(=O)O)cc21.Cl. The number of nitrogens with zero attached hydrogens (tertiary/aromatic N) is 3. The molecule has 3 aliphatic rings. The molecule has 1 N–H and O–H groups in total. The lowest BCUT2D eigenvalue weighted by molar-refractivity contribution is -0.119. The number of likely N-dealkylation sites (tertiary alicyclic amines) is 1. The number of benzene rings is 2. The fourth-order valence-electron chi connectivity index (χ4n) is 7.03. The summed E-state index contributed by atoms with van der Waals surface area (Å²) < 4.78 is 8.74. The molecule has 2 aliphatic heterocycles. The normalized spacial score (nSPS) is 17.7. The molecule has 2 fully saturated rings. The zero-order valence-electron chi connectivity index (χ0n) is 23.4. The first-order valence-electron chi connectivity index (χ1n) is 14.7. The van der Waals surface area contributed by atoms with Crippen LogP contribution in [0.3, 0.4) is 0 Å². The minimum atomic E-state index is -0.912. The van der Waals surface area contributed by atoms with E-state index in [1.165, 1.54) is 31.2 Å². The maximum Gasteiger partial charge on any atom is 0.335 e. The van der Waals surface area contributed by atoms with Gasteiger partial charge in [0.05, 0.1) is 30.0 Å². The third-order valence-electron chi connectivity index (χ3n) is 8.89. The molecule has 0 atom stereocenters. The number of likely N-dealkylation sites (N-methyl/N-ethyl adjacent to an activating group) is 1. The molecule has 2 aromatic carbocycles. The van der Waals surface area contributed by atoms with E-state index in [0.29, 0.717) is 37.7 Å². The first-order chi connectivity index (χ1) is 19.1. The molecule has 40 heavy (non-hydrogen) atoms. The molecule has 0 radical (unpaired) electrons. The van der Waals surface area contributed by atoms with Crippen molar-refractivity contribution in [3.05, 3.63) is 47.5 Å². The molecule has 0 unspecified atom stereocenters. The van der Waals surface area contributed by atoms with E-state index in [4.69, 9.17) is 4.74 Å². The maximum atomic E-state index is 13.6. The zero-order valence-corrected chi connectivity index (χ0v) is 24.2. The number of aromatic carboxylic acids is 1. The van der Waals surface area contributed by atoms with Gasteiger partial charge in [-0.05, 0) is 81.4 Å². The highest BCUT2D eigenvalue weighted by molar-refractivity contribution is 6.01. The van der Waals surface area contributed by atoms with Gasteiger partial charge in [0.25, 0.3) is 0 Å². The predicted octanol–water partition coefficient (Wildman–Crippen LogP) is 6.71. The fourth-order valence-corrected chi connectivity index (χ4v) is 7.03. The van der Waals surface area contributed by atoms with Crippen LogP contribution in [0.4, 0.5) is 5.69 Å². The minimum absolute atomic E-state index is 0. The Balaban J connectivity index is 0.00000323. The van der Waals surface area contributed by atoms with Gasteiger partial charge < -0.3 is 19.3 Å². The van der Waals surface area contributed by atoms with Gasteiger partial charge in [-0.25, -0.2) is 4.79 Å². The summed E-state index contributed by atoms with van der Waals surface area (Å²) in [5.74, 6) is 0.388. The van der Waals surface area contributed by atoms with Gasteiger partial charge in [-0.15, -0.1) is 12.4 Å². The summed E-state index contributed by atoms with van der Waals surface area (Å²) in [6.45, 7) is 6.09. The molecular weight excluding hydrogens is 526 g/mol. The van der Waals surface area contributed by atoms with Gasteiger partial charge in [0, 0.05) is 23.0 Å².